The fourth-order valence-corrected chi connectivity index (χ4v) is 7.46. The van der Waals surface area contributed by atoms with Crippen molar-refractivity contribution in [3.05, 3.63) is 134 Å². The largest absolute Gasteiger partial charge is 0.310 e. The zero-order valence-electron chi connectivity index (χ0n) is 60.0. The van der Waals surface area contributed by atoms with Crippen molar-refractivity contribution in [1.29, 1.82) is 0 Å². The highest BCUT2D eigenvalue weighted by molar-refractivity contribution is 9.10. The summed E-state index contributed by atoms with van der Waals surface area (Å²) in [6.07, 6.45) is 0. The minimum absolute atomic E-state index is 0.0503. The number of benzene rings is 5. The molecule has 0 saturated carbocycles. The fraction of sp³-hybridized carbons (Fsp3) is 0.375. The molecule has 0 aromatic heterocycles. The second-order valence-electron chi connectivity index (χ2n) is 13.5. The normalized spacial score (nSPS) is 33.9. The van der Waals surface area contributed by atoms with Crippen molar-refractivity contribution in [2.45, 2.75) is 104 Å². The van der Waals surface area contributed by atoms with E-state index in [2.05, 4.69) is 31.9 Å². The first-order valence-electron chi connectivity index (χ1n) is 32.1. The van der Waals surface area contributed by atoms with E-state index in [1.165, 1.54) is 18.2 Å². The van der Waals surface area contributed by atoms with Gasteiger partial charge in [0, 0.05) is 71.2 Å². The average Bonchev–Trinajstić information content (AvgIpc) is 1.42. The Morgan fingerprint density at radius 1 is 0.392 bits per heavy atom. The summed E-state index contributed by atoms with van der Waals surface area (Å²) >= 11 is 6.82. The van der Waals surface area contributed by atoms with E-state index in [9.17, 15) is 0 Å². The van der Waals surface area contributed by atoms with Gasteiger partial charge >= 0.3 is 0 Å². The predicted octanol–water partition coefficient (Wildman–Crippen LogP) is 15.2. The van der Waals surface area contributed by atoms with Crippen molar-refractivity contribution in [3.63, 3.8) is 0 Å². The molecule has 5 aromatic carbocycles. The first-order valence-corrected chi connectivity index (χ1v) is 17.2. The molecule has 0 spiro atoms. The quantitative estimate of drug-likeness (QED) is 0.170. The second kappa shape index (κ2) is 11.7. The molecule has 51 heavy (non-hydrogen) atoms. The molecule has 0 N–H and O–H groups in total. The van der Waals surface area contributed by atoms with E-state index in [1.54, 1.807) is 53.4 Å². The summed E-state index contributed by atoms with van der Waals surface area (Å²) in [5, 5.41) is 0. The SMILES string of the molecule is [2H]C([2H])([2H])C1(C)C(C([2H])([2H])[2H])(C([2H])([2H])[2H])c2ccc(-c3cc(-c4ccc5c(c4)C(C([2H])([2H])[2H])(C([2H])([2H])[2H])C(C([2H])([2H])[2H])(C([2H])([2H])[2H])C5(C([2H])([2H])[2H])C([2H])([2H])[2H])cc(N(c4ccc(Br)cc4)c4ccc(Br)cc4)c3)cc2C1(C([2H])([2H])[2H])C([2H])([2H])[2H]. The van der Waals surface area contributed by atoms with Gasteiger partial charge in [-0.05, 0) is 144 Å². The molecule has 0 fully saturated rings. The van der Waals surface area contributed by atoms with Gasteiger partial charge in [-0.1, -0.05) is 151 Å². The van der Waals surface area contributed by atoms with Crippen LogP contribution in [0.3, 0.4) is 0 Å². The molecule has 0 amide bonds. The molecular weight excluding hydrogens is 750 g/mol. The molecule has 264 valence electrons. The van der Waals surface area contributed by atoms with E-state index in [1.807, 2.05) is 0 Å². The lowest BCUT2D eigenvalue weighted by molar-refractivity contribution is 0.125. The minimum atomic E-state index is -4.74. The molecule has 2 aliphatic rings. The Morgan fingerprint density at radius 3 is 1.20 bits per heavy atom. The van der Waals surface area contributed by atoms with Gasteiger partial charge in [-0.3, -0.25) is 0 Å². The molecule has 0 aliphatic heterocycles. The highest BCUT2D eigenvalue weighted by Crippen LogP contribution is 2.63. The van der Waals surface area contributed by atoms with Gasteiger partial charge in [-0.2, -0.15) is 0 Å². The van der Waals surface area contributed by atoms with Gasteiger partial charge in [-0.25, -0.2) is 0 Å². The molecule has 3 heteroatoms. The van der Waals surface area contributed by atoms with E-state index < -0.39 is 130 Å². The third-order valence-electron chi connectivity index (χ3n) is 10.3. The highest BCUT2D eigenvalue weighted by Gasteiger charge is 2.57. The summed E-state index contributed by atoms with van der Waals surface area (Å²) in [5.74, 6) is 0. The Balaban J connectivity index is 1.78. The molecule has 0 radical (unpaired) electrons. The van der Waals surface area contributed by atoms with Crippen LogP contribution in [0.5, 0.6) is 0 Å². The van der Waals surface area contributed by atoms with Crippen LogP contribution in [0.4, 0.5) is 17.1 Å². The van der Waals surface area contributed by atoms with Crippen LogP contribution in [0.2, 0.25) is 0 Å². The summed E-state index contributed by atoms with van der Waals surface area (Å²) in [6.45, 7) is -46.4. The summed E-state index contributed by atoms with van der Waals surface area (Å²) < 4.78 is 297. The lowest BCUT2D eigenvalue weighted by Gasteiger charge is -2.44. The van der Waals surface area contributed by atoms with E-state index in [0.29, 0.717) is 39.4 Å². The predicted molar refractivity (Wildman–Crippen MR) is 227 cm³/mol. The van der Waals surface area contributed by atoms with Crippen molar-refractivity contribution >= 4 is 48.9 Å². The van der Waals surface area contributed by atoms with Gasteiger partial charge < -0.3 is 4.90 Å². The van der Waals surface area contributed by atoms with Gasteiger partial charge in [0.1, 0.15) is 0 Å². The maximum absolute atomic E-state index is 9.06. The Hall–Kier alpha value is -3.14. The number of fused-ring (bicyclic) bond motifs is 2. The zero-order chi connectivity index (χ0) is 64.6. The van der Waals surface area contributed by atoms with Gasteiger partial charge in [0.2, 0.25) is 0 Å². The average molecular weight is 837 g/mol. The number of hydrogen-bond acceptors (Lipinski definition) is 1. The molecule has 0 saturated heterocycles. The first kappa shape index (κ1) is 13.9. The van der Waals surface area contributed by atoms with Crippen LogP contribution in [-0.4, -0.2) is 0 Å². The molecule has 0 bridgehead atoms. The molecule has 5 aromatic rings. The van der Waals surface area contributed by atoms with Crippen molar-refractivity contribution in [2.75, 3.05) is 4.90 Å². The van der Waals surface area contributed by atoms with Crippen LogP contribution in [0.1, 0.15) is 150 Å². The standard InChI is InChI=1S/C48H53Br2N/c1-43(2)39-23-13-30(28-41(39)45(5,6)47(43,9)10)32-25-33(31-14-24-40-42(29-31)46(7,8)48(11,12)44(40,3)4)27-38(26-32)51(36-19-15-34(49)16-20-36)37-21-17-35(50)18-22-37/h13-29H,1-12H3/i1D3,2D3,3D3,4D3,5D3,6D3,7D3,8D3,9D3,10D3,11D3. The summed E-state index contributed by atoms with van der Waals surface area (Å²) in [5.41, 5.74) is -29.7. The smallest absolute Gasteiger partial charge is 0.0473 e. The number of anilines is 3. The first-order chi connectivity index (χ1) is 37.4. The van der Waals surface area contributed by atoms with Gasteiger partial charge in [-0.15, -0.1) is 0 Å². The number of hydrogen-bond donors (Lipinski definition) is 0. The topological polar surface area (TPSA) is 3.24 Å². The molecular formula is C48H53Br2N. The van der Waals surface area contributed by atoms with Crippen LogP contribution in [0.25, 0.3) is 22.3 Å². The van der Waals surface area contributed by atoms with E-state index >= 15 is 0 Å². The third kappa shape index (κ3) is 5.19. The van der Waals surface area contributed by atoms with Crippen LogP contribution in [0.15, 0.2) is 112 Å². The second-order valence-corrected chi connectivity index (χ2v) is 15.3. The van der Waals surface area contributed by atoms with Gasteiger partial charge in [0.25, 0.3) is 0 Å². The minimum Gasteiger partial charge on any atom is -0.310 e. The van der Waals surface area contributed by atoms with Crippen LogP contribution < -0.4 is 4.90 Å². The van der Waals surface area contributed by atoms with E-state index in [4.69, 9.17) is 45.2 Å². The lowest BCUT2D eigenvalue weighted by Crippen LogP contribution is -2.42. The lowest BCUT2D eigenvalue weighted by atomic mass is 9.59. The monoisotopic (exact) mass is 834 g/mol. The fourth-order valence-electron chi connectivity index (χ4n) is 6.93. The Labute approximate surface area is 370 Å². The molecule has 0 heterocycles. The van der Waals surface area contributed by atoms with Crippen molar-refractivity contribution in [1.82, 2.24) is 0 Å². The Bertz CT molecular complexity index is 3220. The van der Waals surface area contributed by atoms with Crippen molar-refractivity contribution in [2.24, 2.45) is 10.8 Å². The molecule has 1 nitrogen and oxygen atoms in total. The number of rotatable bonds is 5. The Kier molecular flexibility index (Phi) is 3.19. The van der Waals surface area contributed by atoms with E-state index in [0.717, 1.165) is 24.3 Å². The van der Waals surface area contributed by atoms with Crippen LogP contribution >= 0.6 is 31.9 Å². The number of halogens is 2. The van der Waals surface area contributed by atoms with Gasteiger partial charge in [0.15, 0.2) is 0 Å². The van der Waals surface area contributed by atoms with Crippen molar-refractivity contribution < 1.29 is 45.2 Å². The maximum atomic E-state index is 9.06. The highest BCUT2D eigenvalue weighted by atomic mass is 79.9. The maximum Gasteiger partial charge on any atom is 0.0473 e. The molecule has 2 aliphatic carbocycles. The van der Waals surface area contributed by atoms with Gasteiger partial charge in [0.05, 0.1) is 0 Å². The van der Waals surface area contributed by atoms with Crippen LogP contribution in [0, 0.1) is 10.8 Å². The number of nitrogens with zero attached hydrogens (tertiary/aromatic N) is 1. The van der Waals surface area contributed by atoms with Crippen LogP contribution in [-0.2, 0) is 21.7 Å². The molecule has 1 atom stereocenters. The third-order valence-corrected chi connectivity index (χ3v) is 11.3. The summed E-state index contributed by atoms with van der Waals surface area (Å²) in [4.78, 5) is 1.60. The Morgan fingerprint density at radius 2 is 0.784 bits per heavy atom. The molecule has 7 rings (SSSR count). The summed E-state index contributed by atoms with van der Waals surface area (Å²) in [7, 11) is 0. The molecule has 1 unspecified atom stereocenters. The van der Waals surface area contributed by atoms with E-state index in [-0.39, 0.29) is 27.9 Å². The zero-order valence-corrected chi connectivity index (χ0v) is 30.2. The summed E-state index contributed by atoms with van der Waals surface area (Å²) in [6, 6.07) is 22.2. The van der Waals surface area contributed by atoms with Crippen molar-refractivity contribution in [3.8, 4) is 22.3 Å².